The molecule has 1 unspecified atom stereocenters. The molecule has 1 saturated heterocycles. The van der Waals surface area contributed by atoms with Gasteiger partial charge in [-0.3, -0.25) is 9.80 Å². The van der Waals surface area contributed by atoms with Gasteiger partial charge in [-0.15, -0.1) is 0 Å². The van der Waals surface area contributed by atoms with Crippen molar-refractivity contribution in [1.29, 1.82) is 0 Å². The van der Waals surface area contributed by atoms with Crippen molar-refractivity contribution < 1.29 is 10.2 Å². The van der Waals surface area contributed by atoms with E-state index in [0.717, 1.165) is 99.8 Å². The quantitative estimate of drug-likeness (QED) is 0.460. The van der Waals surface area contributed by atoms with Crippen LogP contribution in [0.1, 0.15) is 83.1 Å². The third kappa shape index (κ3) is 5.94. The lowest BCUT2D eigenvalue weighted by atomic mass is 9.81. The maximum absolute atomic E-state index is 11.9. The van der Waals surface area contributed by atoms with Gasteiger partial charge >= 0.3 is 0 Å². The van der Waals surface area contributed by atoms with E-state index in [4.69, 9.17) is 4.98 Å². The zero-order valence-electron chi connectivity index (χ0n) is 23.9. The van der Waals surface area contributed by atoms with Gasteiger partial charge in [0.05, 0.1) is 5.60 Å². The Kier molecular flexibility index (Phi) is 7.57. The SMILES string of the molecule is CC(C)N1CCN(Cc2ccc3c(c2)C(O)N(C2CCC(C)(O)CC2)c2nc(NCCC4CC4)ncc2-3)CC1. The lowest BCUT2D eigenvalue weighted by molar-refractivity contribution is 0.0119. The van der Waals surface area contributed by atoms with Gasteiger partial charge in [-0.2, -0.15) is 4.98 Å². The topological polar surface area (TPSA) is 88.0 Å². The van der Waals surface area contributed by atoms with Crippen LogP contribution in [0.25, 0.3) is 11.1 Å². The van der Waals surface area contributed by atoms with Gasteiger partial charge in [0.1, 0.15) is 5.82 Å². The Morgan fingerprint density at radius 2 is 1.79 bits per heavy atom. The van der Waals surface area contributed by atoms with Crippen molar-refractivity contribution in [3.63, 3.8) is 0 Å². The Balaban J connectivity index is 1.26. The summed E-state index contributed by atoms with van der Waals surface area (Å²) >= 11 is 0. The maximum atomic E-state index is 11.9. The number of rotatable bonds is 8. The Morgan fingerprint density at radius 3 is 2.49 bits per heavy atom. The highest BCUT2D eigenvalue weighted by Gasteiger charge is 2.39. The number of fused-ring (bicyclic) bond motifs is 3. The van der Waals surface area contributed by atoms with E-state index >= 15 is 0 Å². The molecule has 2 aliphatic heterocycles. The third-order valence-electron chi connectivity index (χ3n) is 9.46. The lowest BCUT2D eigenvalue weighted by Crippen LogP contribution is -2.48. The van der Waals surface area contributed by atoms with Crippen molar-refractivity contribution in [2.24, 2.45) is 5.92 Å². The number of nitrogens with zero attached hydrogens (tertiary/aromatic N) is 5. The number of hydrogen-bond donors (Lipinski definition) is 3. The summed E-state index contributed by atoms with van der Waals surface area (Å²) in [5, 5.41) is 25.9. The van der Waals surface area contributed by atoms with Crippen LogP contribution in [-0.4, -0.2) is 80.4 Å². The molecule has 6 rings (SSSR count). The first-order valence-electron chi connectivity index (χ1n) is 15.2. The molecule has 3 heterocycles. The highest BCUT2D eigenvalue weighted by molar-refractivity contribution is 5.82. The maximum Gasteiger partial charge on any atom is 0.224 e. The number of aliphatic hydroxyl groups excluding tert-OH is 1. The first-order chi connectivity index (χ1) is 18.8. The van der Waals surface area contributed by atoms with Gasteiger partial charge in [0.2, 0.25) is 5.95 Å². The molecule has 0 amide bonds. The van der Waals surface area contributed by atoms with Crippen LogP contribution in [0.4, 0.5) is 11.8 Å². The molecule has 1 atom stereocenters. The Bertz CT molecular complexity index is 1150. The van der Waals surface area contributed by atoms with Crippen LogP contribution in [-0.2, 0) is 6.54 Å². The molecule has 3 N–H and O–H groups in total. The number of aliphatic hydroxyl groups is 2. The van der Waals surface area contributed by atoms with Crippen LogP contribution in [0.3, 0.4) is 0 Å². The van der Waals surface area contributed by atoms with E-state index in [0.29, 0.717) is 12.0 Å². The van der Waals surface area contributed by atoms with Crippen LogP contribution in [0.15, 0.2) is 24.4 Å². The average molecular weight is 535 g/mol. The highest BCUT2D eigenvalue weighted by Crippen LogP contribution is 2.46. The van der Waals surface area contributed by atoms with Gasteiger partial charge in [0.25, 0.3) is 0 Å². The zero-order chi connectivity index (χ0) is 27.1. The first kappa shape index (κ1) is 26.9. The fraction of sp³-hybridized carbons (Fsp3) is 0.677. The monoisotopic (exact) mass is 534 g/mol. The molecule has 0 radical (unpaired) electrons. The molecular formula is C31H46N6O2. The molecule has 0 bridgehead atoms. The largest absolute Gasteiger partial charge is 0.390 e. The summed E-state index contributed by atoms with van der Waals surface area (Å²) in [7, 11) is 0. The second-order valence-corrected chi connectivity index (χ2v) is 12.9. The van der Waals surface area contributed by atoms with Crippen LogP contribution < -0.4 is 10.2 Å². The zero-order valence-corrected chi connectivity index (χ0v) is 23.9. The van der Waals surface area contributed by atoms with E-state index < -0.39 is 11.8 Å². The third-order valence-corrected chi connectivity index (χ3v) is 9.46. The normalized spacial score (nSPS) is 27.9. The molecule has 1 aromatic heterocycles. The Labute approximate surface area is 233 Å². The Morgan fingerprint density at radius 1 is 1.05 bits per heavy atom. The van der Waals surface area contributed by atoms with Crippen LogP contribution in [0, 0.1) is 5.92 Å². The van der Waals surface area contributed by atoms with Gasteiger partial charge < -0.3 is 20.4 Å². The van der Waals surface area contributed by atoms with Crippen LogP contribution in [0.5, 0.6) is 0 Å². The van der Waals surface area contributed by atoms with Crippen molar-refractivity contribution in [2.45, 2.75) is 96.2 Å². The van der Waals surface area contributed by atoms with Crippen molar-refractivity contribution in [1.82, 2.24) is 19.8 Å². The molecule has 39 heavy (non-hydrogen) atoms. The second-order valence-electron chi connectivity index (χ2n) is 12.9. The summed E-state index contributed by atoms with van der Waals surface area (Å²) in [4.78, 5) is 16.8. The minimum absolute atomic E-state index is 0.120. The van der Waals surface area contributed by atoms with E-state index in [-0.39, 0.29) is 6.04 Å². The van der Waals surface area contributed by atoms with Crippen molar-refractivity contribution in [3.05, 3.63) is 35.5 Å². The van der Waals surface area contributed by atoms with E-state index in [2.05, 4.69) is 57.0 Å². The minimum atomic E-state index is -0.771. The van der Waals surface area contributed by atoms with E-state index in [1.54, 1.807) is 0 Å². The fourth-order valence-electron chi connectivity index (χ4n) is 6.65. The number of nitrogens with one attached hydrogen (secondary N) is 1. The summed E-state index contributed by atoms with van der Waals surface area (Å²) < 4.78 is 0. The predicted octanol–water partition coefficient (Wildman–Crippen LogP) is 4.39. The van der Waals surface area contributed by atoms with Crippen molar-refractivity contribution in [2.75, 3.05) is 42.9 Å². The van der Waals surface area contributed by atoms with Gasteiger partial charge in [0.15, 0.2) is 6.23 Å². The summed E-state index contributed by atoms with van der Waals surface area (Å²) in [6.07, 6.45) is 8.10. The number of piperazine rings is 1. The average Bonchev–Trinajstić information content (AvgIpc) is 3.74. The van der Waals surface area contributed by atoms with E-state index in [1.807, 2.05) is 13.1 Å². The molecule has 2 aliphatic carbocycles. The minimum Gasteiger partial charge on any atom is -0.390 e. The first-order valence-corrected chi connectivity index (χ1v) is 15.2. The van der Waals surface area contributed by atoms with E-state index in [1.165, 1.54) is 18.4 Å². The smallest absolute Gasteiger partial charge is 0.224 e. The van der Waals surface area contributed by atoms with Crippen LogP contribution in [0.2, 0.25) is 0 Å². The fourth-order valence-corrected chi connectivity index (χ4v) is 6.65. The van der Waals surface area contributed by atoms with E-state index in [9.17, 15) is 10.2 Å². The standard InChI is InChI=1S/C31H46N6O2/c1-21(2)36-16-14-35(15-17-36)20-23-6-7-25-26(18-23)29(38)37(24-8-11-31(3,39)12-9-24)28-27(25)19-33-30(34-28)32-13-10-22-4-5-22/h6-7,18-19,21-22,24,29,38-39H,4-5,8-17,20H2,1-3H3,(H,32,33,34). The Hall–Kier alpha value is -2.26. The molecule has 8 nitrogen and oxygen atoms in total. The molecule has 8 heteroatoms. The molecule has 2 aromatic rings. The molecule has 0 spiro atoms. The molecule has 4 aliphatic rings. The summed E-state index contributed by atoms with van der Waals surface area (Å²) in [5.41, 5.74) is 3.55. The van der Waals surface area contributed by atoms with Crippen molar-refractivity contribution in [3.8, 4) is 11.1 Å². The number of aromatic nitrogens is 2. The summed E-state index contributed by atoms with van der Waals surface area (Å²) in [6.45, 7) is 12.6. The van der Waals surface area contributed by atoms with Crippen molar-refractivity contribution >= 4 is 11.8 Å². The second kappa shape index (κ2) is 11.0. The number of anilines is 2. The van der Waals surface area contributed by atoms with Gasteiger partial charge in [-0.1, -0.05) is 25.0 Å². The number of benzene rings is 1. The highest BCUT2D eigenvalue weighted by atomic mass is 16.3. The summed E-state index contributed by atoms with van der Waals surface area (Å²) in [5.74, 6) is 2.29. The molecular weight excluding hydrogens is 488 g/mol. The molecule has 1 aromatic carbocycles. The molecule has 212 valence electrons. The molecule has 3 fully saturated rings. The lowest BCUT2D eigenvalue weighted by Gasteiger charge is -2.45. The van der Waals surface area contributed by atoms with Gasteiger partial charge in [-0.05, 0) is 76.0 Å². The van der Waals surface area contributed by atoms with Crippen LogP contribution >= 0.6 is 0 Å². The van der Waals surface area contributed by atoms with Gasteiger partial charge in [-0.25, -0.2) is 4.98 Å². The van der Waals surface area contributed by atoms with Gasteiger partial charge in [0, 0.05) is 68.7 Å². The predicted molar refractivity (Wildman–Crippen MR) is 156 cm³/mol. The summed E-state index contributed by atoms with van der Waals surface area (Å²) in [6, 6.07) is 7.28. The number of hydrogen-bond acceptors (Lipinski definition) is 8. The molecule has 2 saturated carbocycles.